The van der Waals surface area contributed by atoms with E-state index in [1.165, 1.54) is 12.7 Å². The first kappa shape index (κ1) is 7.65. The molecule has 1 aromatic heterocycles. The molecule has 1 heterocycles. The zero-order chi connectivity index (χ0) is 8.27. The third kappa shape index (κ3) is 1.73. The minimum absolute atomic E-state index is 0.743. The summed E-state index contributed by atoms with van der Waals surface area (Å²) in [5.41, 5.74) is 0.906. The molecule has 0 saturated carbocycles. The number of hydrogen-bond acceptors (Lipinski definition) is 3. The van der Waals surface area contributed by atoms with Crippen LogP contribution in [0.3, 0.4) is 0 Å². The number of nitrogens with zero attached hydrogens (tertiary/aromatic N) is 3. The molecule has 0 atom stereocenters. The van der Waals surface area contributed by atoms with E-state index in [1.54, 1.807) is 11.9 Å². The molecule has 0 unspecified atom stereocenters. The molecule has 11 heavy (non-hydrogen) atoms. The Hall–Kier alpha value is -1.45. The van der Waals surface area contributed by atoms with Gasteiger partial charge in [-0.15, -0.1) is 0 Å². The molecule has 0 aliphatic heterocycles. The van der Waals surface area contributed by atoms with Crippen molar-refractivity contribution in [3.63, 3.8) is 0 Å². The van der Waals surface area contributed by atoms with Crippen LogP contribution in [0.5, 0.6) is 0 Å². The van der Waals surface area contributed by atoms with Crippen molar-refractivity contribution in [2.24, 2.45) is 0 Å². The van der Waals surface area contributed by atoms with Crippen molar-refractivity contribution >= 4 is 12.2 Å². The van der Waals surface area contributed by atoms with Crippen LogP contribution in [0.25, 0.3) is 0 Å². The Morgan fingerprint density at radius 3 is 2.82 bits per heavy atom. The van der Waals surface area contributed by atoms with Gasteiger partial charge in [-0.3, -0.25) is 5.41 Å². The van der Waals surface area contributed by atoms with E-state index >= 15 is 0 Å². The molecule has 1 aromatic rings. The van der Waals surface area contributed by atoms with Crippen LogP contribution in [0.15, 0.2) is 12.4 Å². The van der Waals surface area contributed by atoms with Crippen LogP contribution < -0.4 is 4.90 Å². The van der Waals surface area contributed by atoms with Crippen molar-refractivity contribution in [2.75, 3.05) is 11.9 Å². The van der Waals surface area contributed by atoms with E-state index in [2.05, 4.69) is 9.97 Å². The van der Waals surface area contributed by atoms with E-state index in [0.29, 0.717) is 0 Å². The lowest BCUT2D eigenvalue weighted by Gasteiger charge is -2.09. The summed E-state index contributed by atoms with van der Waals surface area (Å²) in [5.74, 6) is 0.743. The smallest absolute Gasteiger partial charge is 0.137 e. The quantitative estimate of drug-likeness (QED) is 0.501. The molecule has 0 saturated heterocycles. The van der Waals surface area contributed by atoms with Gasteiger partial charge in [0.05, 0.1) is 6.34 Å². The van der Waals surface area contributed by atoms with Crippen molar-refractivity contribution in [2.45, 2.75) is 6.92 Å². The van der Waals surface area contributed by atoms with Gasteiger partial charge in [0, 0.05) is 18.8 Å². The van der Waals surface area contributed by atoms with Gasteiger partial charge in [0.15, 0.2) is 0 Å². The van der Waals surface area contributed by atoms with E-state index in [4.69, 9.17) is 5.41 Å². The lowest BCUT2D eigenvalue weighted by atomic mass is 10.4. The Morgan fingerprint density at radius 1 is 1.55 bits per heavy atom. The van der Waals surface area contributed by atoms with Crippen LogP contribution in [0, 0.1) is 12.3 Å². The maximum Gasteiger partial charge on any atom is 0.137 e. The normalized spacial score (nSPS) is 9.27. The Kier molecular flexibility index (Phi) is 2.15. The van der Waals surface area contributed by atoms with Crippen LogP contribution in [0.4, 0.5) is 5.82 Å². The highest BCUT2D eigenvalue weighted by Gasteiger charge is 1.97. The molecule has 0 aromatic carbocycles. The molecule has 0 bridgehead atoms. The first-order valence-corrected chi connectivity index (χ1v) is 3.26. The summed E-state index contributed by atoms with van der Waals surface area (Å²) in [6.45, 7) is 1.89. The van der Waals surface area contributed by atoms with E-state index in [1.807, 2.05) is 13.0 Å². The number of nitrogens with one attached hydrogen (secondary N) is 1. The van der Waals surface area contributed by atoms with Crippen molar-refractivity contribution in [1.82, 2.24) is 9.97 Å². The summed E-state index contributed by atoms with van der Waals surface area (Å²) in [4.78, 5) is 9.54. The fourth-order valence-corrected chi connectivity index (χ4v) is 0.699. The predicted molar refractivity (Wildman–Crippen MR) is 44.0 cm³/mol. The summed E-state index contributed by atoms with van der Waals surface area (Å²) in [6.07, 6.45) is 2.70. The molecule has 4 heteroatoms. The number of anilines is 1. The maximum atomic E-state index is 6.96. The Balaban J connectivity index is 2.95. The van der Waals surface area contributed by atoms with Crippen LogP contribution in [-0.2, 0) is 0 Å². The molecule has 1 N–H and O–H groups in total. The molecule has 0 aliphatic rings. The maximum absolute atomic E-state index is 6.96. The van der Waals surface area contributed by atoms with E-state index in [-0.39, 0.29) is 0 Å². The molecule has 0 fully saturated rings. The van der Waals surface area contributed by atoms with Gasteiger partial charge in [-0.2, -0.15) is 0 Å². The summed E-state index contributed by atoms with van der Waals surface area (Å²) in [7, 11) is 1.77. The molecular weight excluding hydrogens is 140 g/mol. The lowest BCUT2D eigenvalue weighted by molar-refractivity contribution is 1.06. The minimum Gasteiger partial charge on any atom is -0.321 e. The van der Waals surface area contributed by atoms with E-state index in [0.717, 1.165) is 11.5 Å². The standard InChI is InChI=1S/C7H10N4/c1-6-3-7(10-5-9-6)11(2)4-8/h3-5,8H,1-2H3. The van der Waals surface area contributed by atoms with Gasteiger partial charge in [0.25, 0.3) is 0 Å². The number of rotatable bonds is 2. The van der Waals surface area contributed by atoms with Gasteiger partial charge >= 0.3 is 0 Å². The van der Waals surface area contributed by atoms with Gasteiger partial charge in [0.2, 0.25) is 0 Å². The minimum atomic E-state index is 0.743. The third-order valence-corrected chi connectivity index (χ3v) is 1.34. The molecule has 0 spiro atoms. The Labute approximate surface area is 65.4 Å². The van der Waals surface area contributed by atoms with Crippen LogP contribution >= 0.6 is 0 Å². The number of aryl methyl sites for hydroxylation is 1. The van der Waals surface area contributed by atoms with Crippen molar-refractivity contribution in [1.29, 1.82) is 5.41 Å². The molecule has 1 rings (SSSR count). The van der Waals surface area contributed by atoms with Crippen molar-refractivity contribution in [3.8, 4) is 0 Å². The van der Waals surface area contributed by atoms with E-state index in [9.17, 15) is 0 Å². The number of aromatic nitrogens is 2. The highest BCUT2D eigenvalue weighted by Crippen LogP contribution is 2.05. The van der Waals surface area contributed by atoms with Crippen LogP contribution in [0.2, 0.25) is 0 Å². The highest BCUT2D eigenvalue weighted by molar-refractivity contribution is 5.73. The fourth-order valence-electron chi connectivity index (χ4n) is 0.699. The summed E-state index contributed by atoms with van der Waals surface area (Å²) in [5, 5.41) is 6.96. The first-order chi connectivity index (χ1) is 5.24. The monoisotopic (exact) mass is 150 g/mol. The molecule has 0 radical (unpaired) electrons. The molecule has 0 aliphatic carbocycles. The van der Waals surface area contributed by atoms with Crippen LogP contribution in [0.1, 0.15) is 5.69 Å². The fraction of sp³-hybridized carbons (Fsp3) is 0.286. The summed E-state index contributed by atoms with van der Waals surface area (Å²) in [6, 6.07) is 1.82. The zero-order valence-corrected chi connectivity index (χ0v) is 6.57. The van der Waals surface area contributed by atoms with Gasteiger partial charge in [-0.05, 0) is 6.92 Å². The van der Waals surface area contributed by atoms with Gasteiger partial charge in [-0.25, -0.2) is 9.97 Å². The third-order valence-electron chi connectivity index (χ3n) is 1.34. The largest absolute Gasteiger partial charge is 0.321 e. The molecule has 0 amide bonds. The van der Waals surface area contributed by atoms with Gasteiger partial charge in [-0.1, -0.05) is 0 Å². The average Bonchev–Trinajstić information content (AvgIpc) is 2.03. The molecule has 4 nitrogen and oxygen atoms in total. The van der Waals surface area contributed by atoms with Crippen molar-refractivity contribution in [3.05, 3.63) is 18.1 Å². The Morgan fingerprint density at radius 2 is 2.27 bits per heavy atom. The summed E-state index contributed by atoms with van der Waals surface area (Å²) >= 11 is 0. The average molecular weight is 150 g/mol. The molecule has 58 valence electrons. The number of hydrogen-bond donors (Lipinski definition) is 1. The second-order valence-corrected chi connectivity index (χ2v) is 2.26. The topological polar surface area (TPSA) is 52.9 Å². The Bertz CT molecular complexity index is 258. The highest BCUT2D eigenvalue weighted by atomic mass is 15.2. The second kappa shape index (κ2) is 3.09. The lowest BCUT2D eigenvalue weighted by Crippen LogP contribution is -2.14. The van der Waals surface area contributed by atoms with Gasteiger partial charge < -0.3 is 4.90 Å². The second-order valence-electron chi connectivity index (χ2n) is 2.26. The summed E-state index contributed by atoms with van der Waals surface area (Å²) < 4.78 is 0. The van der Waals surface area contributed by atoms with Crippen molar-refractivity contribution < 1.29 is 0 Å². The first-order valence-electron chi connectivity index (χ1n) is 3.26. The van der Waals surface area contributed by atoms with E-state index < -0.39 is 0 Å². The van der Waals surface area contributed by atoms with Crippen LogP contribution in [-0.4, -0.2) is 23.4 Å². The predicted octanol–water partition coefficient (Wildman–Crippen LogP) is 0.828. The SMILES string of the molecule is Cc1cc(N(C)C=N)ncn1. The molecular formula is C7H10N4. The van der Waals surface area contributed by atoms with Gasteiger partial charge in [0.1, 0.15) is 12.1 Å². The zero-order valence-electron chi connectivity index (χ0n) is 6.57.